The first-order chi connectivity index (χ1) is 15.3. The zero-order chi connectivity index (χ0) is 20.6. The fourth-order valence-electron chi connectivity index (χ4n) is 4.57. The molecule has 2 heterocycles. The lowest BCUT2D eigenvalue weighted by molar-refractivity contribution is 0.300. The largest absolute Gasteiger partial charge is 0.478 e. The zero-order valence-electron chi connectivity index (χ0n) is 17.1. The first-order valence-corrected chi connectivity index (χ1v) is 10.7. The summed E-state index contributed by atoms with van der Waals surface area (Å²) >= 11 is 0. The molecular weight excluding hydrogens is 384 g/mol. The van der Waals surface area contributed by atoms with Gasteiger partial charge in [0.05, 0.1) is 6.42 Å². The first kappa shape index (κ1) is 18.1. The predicted molar refractivity (Wildman–Crippen MR) is 125 cm³/mol. The third-order valence-corrected chi connectivity index (χ3v) is 6.08. The maximum Gasteiger partial charge on any atom is 0.193 e. The summed E-state index contributed by atoms with van der Waals surface area (Å²) in [6.45, 7) is 1.12. The molecule has 0 aliphatic carbocycles. The lowest BCUT2D eigenvalue weighted by Crippen LogP contribution is -2.08. The Kier molecular flexibility index (Phi) is 4.42. The Morgan fingerprint density at radius 1 is 0.581 bits per heavy atom. The molecule has 4 aromatic rings. The molecule has 0 bridgehead atoms. The van der Waals surface area contributed by atoms with Crippen molar-refractivity contribution in [3.63, 3.8) is 0 Å². The molecule has 0 saturated carbocycles. The van der Waals surface area contributed by atoms with Gasteiger partial charge < -0.3 is 9.47 Å². The number of nitrogens with zero attached hydrogens (tertiary/aromatic N) is 2. The highest BCUT2D eigenvalue weighted by atomic mass is 16.5. The molecule has 0 N–H and O–H groups in total. The summed E-state index contributed by atoms with van der Waals surface area (Å²) in [5, 5.41) is 4.92. The molecule has 2 aliphatic rings. The quantitative estimate of drug-likeness (QED) is 0.416. The summed E-state index contributed by atoms with van der Waals surface area (Å²) < 4.78 is 11.9. The highest BCUT2D eigenvalue weighted by molar-refractivity contribution is 5.99. The van der Waals surface area contributed by atoms with Crippen molar-refractivity contribution in [1.29, 1.82) is 0 Å². The maximum absolute atomic E-state index is 5.93. The van der Waals surface area contributed by atoms with Gasteiger partial charge in [0.2, 0.25) is 0 Å². The molecule has 152 valence electrons. The fraction of sp³-hybridized carbons (Fsp3) is 0.185. The normalized spacial score (nSPS) is 20.4. The highest BCUT2D eigenvalue weighted by Crippen LogP contribution is 2.32. The molecule has 0 radical (unpaired) electrons. The van der Waals surface area contributed by atoms with E-state index in [-0.39, 0.29) is 12.1 Å². The molecule has 31 heavy (non-hydrogen) atoms. The van der Waals surface area contributed by atoms with Gasteiger partial charge in [-0.3, -0.25) is 0 Å². The van der Waals surface area contributed by atoms with Crippen molar-refractivity contribution >= 4 is 33.3 Å². The smallest absolute Gasteiger partial charge is 0.193 e. The molecule has 2 atom stereocenters. The van der Waals surface area contributed by atoms with Crippen LogP contribution in [0.1, 0.15) is 29.6 Å². The van der Waals surface area contributed by atoms with Gasteiger partial charge in [-0.05, 0) is 32.7 Å². The van der Waals surface area contributed by atoms with Crippen LogP contribution >= 0.6 is 0 Å². The van der Waals surface area contributed by atoms with Gasteiger partial charge in [0.15, 0.2) is 11.8 Å². The van der Waals surface area contributed by atoms with Crippen molar-refractivity contribution in [3.8, 4) is 0 Å². The summed E-state index contributed by atoms with van der Waals surface area (Å²) in [6.07, 6.45) is 0.503. The van der Waals surface area contributed by atoms with Crippen molar-refractivity contribution in [3.05, 3.63) is 96.1 Å². The van der Waals surface area contributed by atoms with Crippen LogP contribution in [-0.2, 0) is 9.47 Å². The van der Waals surface area contributed by atoms with E-state index >= 15 is 0 Å². The van der Waals surface area contributed by atoms with Gasteiger partial charge in [-0.15, -0.1) is 0 Å². The van der Waals surface area contributed by atoms with E-state index in [4.69, 9.17) is 19.5 Å². The maximum atomic E-state index is 5.93. The van der Waals surface area contributed by atoms with Gasteiger partial charge in [0.1, 0.15) is 25.3 Å². The van der Waals surface area contributed by atoms with E-state index in [0.717, 1.165) is 0 Å². The molecule has 6 rings (SSSR count). The second kappa shape index (κ2) is 7.55. The first-order valence-electron chi connectivity index (χ1n) is 10.7. The van der Waals surface area contributed by atoms with Crippen LogP contribution in [-0.4, -0.2) is 25.0 Å². The molecule has 0 fully saturated rings. The molecule has 4 nitrogen and oxygen atoms in total. The summed E-state index contributed by atoms with van der Waals surface area (Å²) in [6, 6.07) is 29.6. The minimum absolute atomic E-state index is 0.0111. The molecule has 0 aromatic heterocycles. The monoisotopic (exact) mass is 406 g/mol. The van der Waals surface area contributed by atoms with E-state index in [1.807, 2.05) is 0 Å². The van der Waals surface area contributed by atoms with Gasteiger partial charge in [0.25, 0.3) is 0 Å². The van der Waals surface area contributed by atoms with Crippen molar-refractivity contribution in [1.82, 2.24) is 0 Å². The number of hydrogen-bond donors (Lipinski definition) is 0. The minimum Gasteiger partial charge on any atom is -0.478 e. The molecule has 0 unspecified atom stereocenters. The number of fused-ring (bicyclic) bond motifs is 2. The SMILES string of the molecule is c1ccc2c([C@@H]3COC(CC4=N[C@H](c5cccc6ccccc56)CO4)=N3)cccc2c1. The van der Waals surface area contributed by atoms with Crippen molar-refractivity contribution in [2.45, 2.75) is 18.5 Å². The Labute approximate surface area is 180 Å². The topological polar surface area (TPSA) is 43.2 Å². The zero-order valence-corrected chi connectivity index (χ0v) is 17.1. The summed E-state index contributed by atoms with van der Waals surface area (Å²) in [5.74, 6) is 1.41. The van der Waals surface area contributed by atoms with E-state index < -0.39 is 0 Å². The lowest BCUT2D eigenvalue weighted by atomic mass is 10.00. The Bertz CT molecular complexity index is 1230. The van der Waals surface area contributed by atoms with E-state index in [1.54, 1.807) is 0 Å². The van der Waals surface area contributed by atoms with Crippen LogP contribution in [0.2, 0.25) is 0 Å². The van der Waals surface area contributed by atoms with Gasteiger partial charge in [-0.25, -0.2) is 9.98 Å². The van der Waals surface area contributed by atoms with Crippen LogP contribution in [0.4, 0.5) is 0 Å². The van der Waals surface area contributed by atoms with Gasteiger partial charge in [-0.2, -0.15) is 0 Å². The number of hydrogen-bond acceptors (Lipinski definition) is 4. The van der Waals surface area contributed by atoms with E-state index in [9.17, 15) is 0 Å². The molecular formula is C27H22N2O2. The predicted octanol–water partition coefficient (Wildman–Crippen LogP) is 6.02. The molecule has 0 spiro atoms. The van der Waals surface area contributed by atoms with Crippen LogP contribution in [0.15, 0.2) is 94.9 Å². The Morgan fingerprint density at radius 2 is 1.03 bits per heavy atom. The Balaban J connectivity index is 1.23. The summed E-state index contributed by atoms with van der Waals surface area (Å²) in [5.41, 5.74) is 2.41. The van der Waals surface area contributed by atoms with Gasteiger partial charge >= 0.3 is 0 Å². The number of aliphatic imine (C=N–C) groups is 2. The standard InChI is InChI=1S/C27H22N2O2/c1-3-11-20-18(7-1)9-5-13-22(20)24-16-30-26(28-24)15-27-29-25(17-31-27)23-14-6-10-19-8-2-4-12-21(19)23/h1-14,24-25H,15-17H2/t24-,25-/m0/s1. The molecule has 0 saturated heterocycles. The van der Waals surface area contributed by atoms with Crippen LogP contribution in [0, 0.1) is 0 Å². The van der Waals surface area contributed by atoms with Crippen molar-refractivity contribution in [2.24, 2.45) is 9.98 Å². The molecule has 4 heteroatoms. The van der Waals surface area contributed by atoms with Crippen LogP contribution in [0.5, 0.6) is 0 Å². The van der Waals surface area contributed by atoms with Gasteiger partial charge in [0, 0.05) is 0 Å². The Morgan fingerprint density at radius 3 is 1.55 bits per heavy atom. The number of rotatable bonds is 4. The average molecular weight is 406 g/mol. The van der Waals surface area contributed by atoms with Crippen molar-refractivity contribution in [2.75, 3.05) is 13.2 Å². The second-order valence-corrected chi connectivity index (χ2v) is 8.01. The van der Waals surface area contributed by atoms with E-state index in [2.05, 4.69) is 84.9 Å². The van der Waals surface area contributed by atoms with E-state index in [0.29, 0.717) is 31.4 Å². The molecule has 0 amide bonds. The van der Waals surface area contributed by atoms with Crippen molar-refractivity contribution < 1.29 is 9.47 Å². The fourth-order valence-corrected chi connectivity index (χ4v) is 4.57. The number of ether oxygens (including phenoxy) is 2. The van der Waals surface area contributed by atoms with Crippen LogP contribution in [0.3, 0.4) is 0 Å². The second-order valence-electron chi connectivity index (χ2n) is 8.01. The minimum atomic E-state index is 0.0111. The van der Waals surface area contributed by atoms with E-state index in [1.165, 1.54) is 32.7 Å². The third kappa shape index (κ3) is 3.34. The van der Waals surface area contributed by atoms with Gasteiger partial charge in [-0.1, -0.05) is 84.9 Å². The molecule has 4 aromatic carbocycles. The highest BCUT2D eigenvalue weighted by Gasteiger charge is 2.27. The summed E-state index contributed by atoms with van der Waals surface area (Å²) in [7, 11) is 0. The number of benzene rings is 4. The molecule has 2 aliphatic heterocycles. The third-order valence-electron chi connectivity index (χ3n) is 6.08. The van der Waals surface area contributed by atoms with Crippen LogP contribution < -0.4 is 0 Å². The Hall–Kier alpha value is -3.66. The average Bonchev–Trinajstić information content (AvgIpc) is 3.48. The lowest BCUT2D eigenvalue weighted by Gasteiger charge is -2.09. The van der Waals surface area contributed by atoms with Crippen LogP contribution in [0.25, 0.3) is 21.5 Å². The summed E-state index contributed by atoms with van der Waals surface area (Å²) in [4.78, 5) is 9.71.